The number of hydrogen-bond acceptors (Lipinski definition) is 4. The molecule has 6 heteroatoms. The Morgan fingerprint density at radius 1 is 1.21 bits per heavy atom. The number of carbonyl (C=O) groups is 2. The van der Waals surface area contributed by atoms with Gasteiger partial charge in [0.25, 0.3) is 5.91 Å². The van der Waals surface area contributed by atoms with E-state index in [1.54, 1.807) is 30.5 Å². The predicted molar refractivity (Wildman–Crippen MR) is 93.1 cm³/mol. The molecule has 0 bridgehead atoms. The second-order valence-corrected chi connectivity index (χ2v) is 5.95. The molecule has 0 radical (unpaired) electrons. The van der Waals surface area contributed by atoms with E-state index in [2.05, 4.69) is 22.5 Å². The number of hydrogen-bond donors (Lipinski definition) is 2. The zero-order chi connectivity index (χ0) is 17.5. The maximum absolute atomic E-state index is 12.3. The highest BCUT2D eigenvalue weighted by Gasteiger charge is 2.18. The second kappa shape index (κ2) is 8.16. The Bertz CT molecular complexity index is 673. The molecular weight excluding hydrogens is 304 g/mol. The van der Waals surface area contributed by atoms with Gasteiger partial charge in [0.05, 0.1) is 0 Å². The summed E-state index contributed by atoms with van der Waals surface area (Å²) >= 11 is 0. The SMILES string of the molecule is CC(=O)Nc1ccc(NC(=O)/C(C#N)=C\N2CCCCC2C)cc1. The number of benzene rings is 1. The lowest BCUT2D eigenvalue weighted by Crippen LogP contribution is -2.34. The Hall–Kier alpha value is -2.81. The van der Waals surface area contributed by atoms with Crippen molar-refractivity contribution in [2.75, 3.05) is 17.2 Å². The average Bonchev–Trinajstić information content (AvgIpc) is 2.55. The fourth-order valence-electron chi connectivity index (χ4n) is 2.65. The van der Waals surface area contributed by atoms with Crippen molar-refractivity contribution >= 4 is 23.2 Å². The smallest absolute Gasteiger partial charge is 0.267 e. The van der Waals surface area contributed by atoms with E-state index in [0.717, 1.165) is 19.4 Å². The molecule has 1 heterocycles. The normalized spacial score (nSPS) is 17.8. The van der Waals surface area contributed by atoms with Gasteiger partial charge >= 0.3 is 0 Å². The van der Waals surface area contributed by atoms with E-state index in [1.165, 1.54) is 13.3 Å². The van der Waals surface area contributed by atoms with Gasteiger partial charge in [0.15, 0.2) is 0 Å². The summed E-state index contributed by atoms with van der Waals surface area (Å²) in [7, 11) is 0. The van der Waals surface area contributed by atoms with Gasteiger partial charge in [-0.1, -0.05) is 0 Å². The third kappa shape index (κ3) is 4.85. The topological polar surface area (TPSA) is 85.2 Å². The molecule has 1 aliphatic heterocycles. The molecule has 2 N–H and O–H groups in total. The first-order valence-electron chi connectivity index (χ1n) is 8.06. The second-order valence-electron chi connectivity index (χ2n) is 5.95. The fraction of sp³-hybridized carbons (Fsp3) is 0.389. The molecule has 0 spiro atoms. The average molecular weight is 326 g/mol. The molecule has 2 amide bonds. The van der Waals surface area contributed by atoms with E-state index in [-0.39, 0.29) is 11.5 Å². The lowest BCUT2D eigenvalue weighted by molar-refractivity contribution is -0.114. The molecule has 1 atom stereocenters. The van der Waals surface area contributed by atoms with Crippen LogP contribution in [0.5, 0.6) is 0 Å². The number of carbonyl (C=O) groups excluding carboxylic acids is 2. The van der Waals surface area contributed by atoms with Crippen LogP contribution in [0, 0.1) is 11.3 Å². The van der Waals surface area contributed by atoms with Gasteiger partial charge in [-0.2, -0.15) is 5.26 Å². The summed E-state index contributed by atoms with van der Waals surface area (Å²) in [4.78, 5) is 25.3. The first-order chi connectivity index (χ1) is 11.5. The highest BCUT2D eigenvalue weighted by molar-refractivity contribution is 6.06. The van der Waals surface area contributed by atoms with Crippen LogP contribution in [0.15, 0.2) is 36.0 Å². The van der Waals surface area contributed by atoms with Crippen molar-refractivity contribution in [3.8, 4) is 6.07 Å². The van der Waals surface area contributed by atoms with Gasteiger partial charge < -0.3 is 15.5 Å². The lowest BCUT2D eigenvalue weighted by Gasteiger charge is -2.32. The molecule has 0 aromatic heterocycles. The molecule has 1 fully saturated rings. The zero-order valence-electron chi connectivity index (χ0n) is 14.0. The lowest BCUT2D eigenvalue weighted by atomic mass is 10.0. The molecule has 1 aliphatic rings. The molecule has 1 aromatic carbocycles. The molecule has 2 rings (SSSR count). The van der Waals surface area contributed by atoms with Crippen molar-refractivity contribution in [3.05, 3.63) is 36.0 Å². The van der Waals surface area contributed by atoms with Crippen molar-refractivity contribution in [1.29, 1.82) is 5.26 Å². The van der Waals surface area contributed by atoms with Crippen molar-refractivity contribution in [1.82, 2.24) is 4.90 Å². The highest BCUT2D eigenvalue weighted by Crippen LogP contribution is 2.18. The van der Waals surface area contributed by atoms with Crippen molar-refractivity contribution in [2.24, 2.45) is 0 Å². The van der Waals surface area contributed by atoms with Gasteiger partial charge in [-0.3, -0.25) is 9.59 Å². The summed E-state index contributed by atoms with van der Waals surface area (Å²) in [6.07, 6.45) is 4.98. The van der Waals surface area contributed by atoms with Crippen LogP contribution in [-0.2, 0) is 9.59 Å². The number of rotatable bonds is 4. The molecular formula is C18H22N4O2. The zero-order valence-corrected chi connectivity index (χ0v) is 14.0. The summed E-state index contributed by atoms with van der Waals surface area (Å²) < 4.78 is 0. The molecule has 0 aliphatic carbocycles. The largest absolute Gasteiger partial charge is 0.373 e. The molecule has 6 nitrogen and oxygen atoms in total. The van der Waals surface area contributed by atoms with Gasteiger partial charge in [-0.15, -0.1) is 0 Å². The number of nitriles is 1. The third-order valence-corrected chi connectivity index (χ3v) is 3.98. The number of anilines is 2. The highest BCUT2D eigenvalue weighted by atomic mass is 16.2. The van der Waals surface area contributed by atoms with Crippen LogP contribution in [0.1, 0.15) is 33.1 Å². The molecule has 1 saturated heterocycles. The first kappa shape index (κ1) is 17.5. The Labute approximate surface area is 142 Å². The standard InChI is InChI=1S/C18H22N4O2/c1-13-5-3-4-10-22(13)12-15(11-19)18(24)21-17-8-6-16(7-9-17)20-14(2)23/h6-9,12-13H,3-5,10H2,1-2H3,(H,20,23)(H,21,24)/b15-12-. The Balaban J connectivity index is 2.03. The van der Waals surface area contributed by atoms with Crippen LogP contribution in [-0.4, -0.2) is 29.3 Å². The van der Waals surface area contributed by atoms with E-state index in [4.69, 9.17) is 0 Å². The number of nitrogens with zero attached hydrogens (tertiary/aromatic N) is 2. The number of piperidine rings is 1. The van der Waals surface area contributed by atoms with Crippen LogP contribution >= 0.6 is 0 Å². The fourth-order valence-corrected chi connectivity index (χ4v) is 2.65. The number of likely N-dealkylation sites (tertiary alicyclic amines) is 1. The van der Waals surface area contributed by atoms with Crippen LogP contribution in [0.25, 0.3) is 0 Å². The minimum atomic E-state index is -0.428. The first-order valence-corrected chi connectivity index (χ1v) is 8.06. The van der Waals surface area contributed by atoms with E-state index in [9.17, 15) is 14.9 Å². The monoisotopic (exact) mass is 326 g/mol. The summed E-state index contributed by atoms with van der Waals surface area (Å²) in [6, 6.07) is 9.07. The Morgan fingerprint density at radius 2 is 1.83 bits per heavy atom. The molecule has 1 unspecified atom stereocenters. The predicted octanol–water partition coefficient (Wildman–Crippen LogP) is 2.87. The van der Waals surface area contributed by atoms with Crippen LogP contribution in [0.3, 0.4) is 0 Å². The van der Waals surface area contributed by atoms with Crippen LogP contribution in [0.4, 0.5) is 11.4 Å². The van der Waals surface area contributed by atoms with Crippen LogP contribution < -0.4 is 10.6 Å². The molecule has 126 valence electrons. The number of amides is 2. The van der Waals surface area contributed by atoms with Crippen LogP contribution in [0.2, 0.25) is 0 Å². The van der Waals surface area contributed by atoms with E-state index in [0.29, 0.717) is 17.4 Å². The maximum atomic E-state index is 12.3. The van der Waals surface area contributed by atoms with Crippen molar-refractivity contribution in [3.63, 3.8) is 0 Å². The summed E-state index contributed by atoms with van der Waals surface area (Å²) in [5, 5.41) is 14.6. The summed E-state index contributed by atoms with van der Waals surface area (Å²) in [5.41, 5.74) is 1.32. The van der Waals surface area contributed by atoms with Gasteiger partial charge in [-0.05, 0) is 50.5 Å². The van der Waals surface area contributed by atoms with Gasteiger partial charge in [0.1, 0.15) is 11.6 Å². The maximum Gasteiger partial charge on any atom is 0.267 e. The number of nitrogens with one attached hydrogen (secondary N) is 2. The Kier molecular flexibility index (Phi) is 5.96. The minimum absolute atomic E-state index is 0.0923. The summed E-state index contributed by atoms with van der Waals surface area (Å²) in [6.45, 7) is 4.40. The quantitative estimate of drug-likeness (QED) is 0.658. The van der Waals surface area contributed by atoms with Crippen molar-refractivity contribution in [2.45, 2.75) is 39.2 Å². The van der Waals surface area contributed by atoms with Gasteiger partial charge in [0.2, 0.25) is 5.91 Å². The molecule has 24 heavy (non-hydrogen) atoms. The molecule has 1 aromatic rings. The minimum Gasteiger partial charge on any atom is -0.373 e. The molecule has 0 saturated carbocycles. The van der Waals surface area contributed by atoms with E-state index >= 15 is 0 Å². The van der Waals surface area contributed by atoms with Gasteiger partial charge in [-0.25, -0.2) is 0 Å². The van der Waals surface area contributed by atoms with Crippen molar-refractivity contribution < 1.29 is 9.59 Å². The van der Waals surface area contributed by atoms with Gasteiger partial charge in [0, 0.05) is 37.1 Å². The third-order valence-electron chi connectivity index (χ3n) is 3.98. The van der Waals surface area contributed by atoms with E-state index < -0.39 is 5.91 Å². The summed E-state index contributed by atoms with van der Waals surface area (Å²) in [5.74, 6) is -0.584. The Morgan fingerprint density at radius 3 is 2.38 bits per heavy atom. The van der Waals surface area contributed by atoms with E-state index in [1.807, 2.05) is 6.07 Å².